The summed E-state index contributed by atoms with van der Waals surface area (Å²) in [6.45, 7) is 6.04. The Labute approximate surface area is 190 Å². The van der Waals surface area contributed by atoms with E-state index in [-0.39, 0.29) is 23.3 Å². The molecule has 2 N–H and O–H groups in total. The van der Waals surface area contributed by atoms with Crippen LogP contribution in [0.5, 0.6) is 0 Å². The first-order valence-electron chi connectivity index (χ1n) is 11.0. The molecule has 2 atom stereocenters. The number of azo groups is 1. The first-order valence-corrected chi connectivity index (χ1v) is 11.0. The van der Waals surface area contributed by atoms with Crippen LogP contribution in [-0.4, -0.2) is 22.6 Å². The number of hydrogen-bond donors (Lipinski definition) is 2. The lowest BCUT2D eigenvalue weighted by Crippen LogP contribution is -2.58. The number of pyridine rings is 1. The minimum atomic E-state index is -2.64. The predicted molar refractivity (Wildman–Crippen MR) is 120 cm³/mol. The maximum Gasteiger partial charge on any atom is 0.280 e. The molecule has 0 spiro atoms. The molecule has 0 saturated heterocycles. The highest BCUT2D eigenvalue weighted by molar-refractivity contribution is 6.00. The van der Waals surface area contributed by atoms with Gasteiger partial charge < -0.3 is 10.6 Å². The fourth-order valence-corrected chi connectivity index (χ4v) is 5.32. The summed E-state index contributed by atoms with van der Waals surface area (Å²) in [6, 6.07) is 10.9. The second-order valence-corrected chi connectivity index (χ2v) is 9.34. The van der Waals surface area contributed by atoms with Crippen LogP contribution in [0.3, 0.4) is 0 Å². The summed E-state index contributed by atoms with van der Waals surface area (Å²) in [5, 5.41) is 15.1. The predicted octanol–water partition coefficient (Wildman–Crippen LogP) is 5.17. The van der Waals surface area contributed by atoms with Crippen molar-refractivity contribution in [1.29, 1.82) is 0 Å². The molecule has 8 heteroatoms. The number of carbonyl (C=O) groups is 1. The van der Waals surface area contributed by atoms with Crippen LogP contribution < -0.4 is 10.6 Å². The second-order valence-electron chi connectivity index (χ2n) is 9.34. The van der Waals surface area contributed by atoms with Gasteiger partial charge in [-0.15, -0.1) is 0 Å². The number of nitrogens with zero attached hydrogens (tertiary/aromatic N) is 3. The van der Waals surface area contributed by atoms with E-state index in [0.29, 0.717) is 24.0 Å². The van der Waals surface area contributed by atoms with Crippen molar-refractivity contribution in [2.45, 2.75) is 57.2 Å². The maximum absolute atomic E-state index is 13.5. The smallest absolute Gasteiger partial charge is 0.280 e. The Morgan fingerprint density at radius 1 is 1.18 bits per heavy atom. The summed E-state index contributed by atoms with van der Waals surface area (Å²) in [5.41, 5.74) is 3.43. The molecule has 0 radical (unpaired) electrons. The topological polar surface area (TPSA) is 78.7 Å². The molecule has 1 amide bonds. The molecule has 0 aliphatic carbocycles. The Morgan fingerprint density at radius 2 is 1.97 bits per heavy atom. The third-order valence-corrected chi connectivity index (χ3v) is 6.73. The number of hydrogen-bond acceptors (Lipinski definition) is 5. The van der Waals surface area contributed by atoms with Crippen molar-refractivity contribution in [1.82, 2.24) is 15.6 Å². The first kappa shape index (κ1) is 21.4. The van der Waals surface area contributed by atoms with Gasteiger partial charge in [0.05, 0.1) is 17.2 Å². The Kier molecular flexibility index (Phi) is 4.92. The van der Waals surface area contributed by atoms with Crippen LogP contribution in [0.1, 0.15) is 51.3 Å². The molecule has 1 aromatic heterocycles. The number of aromatic nitrogens is 1. The highest BCUT2D eigenvalue weighted by Crippen LogP contribution is 2.51. The Morgan fingerprint density at radius 3 is 2.73 bits per heavy atom. The number of nitrogens with one attached hydrogen (secondary N) is 2. The number of benzene rings is 1. The van der Waals surface area contributed by atoms with E-state index in [9.17, 15) is 13.6 Å². The fourth-order valence-electron chi connectivity index (χ4n) is 5.32. The quantitative estimate of drug-likeness (QED) is 0.676. The number of amides is 1. The molecule has 33 heavy (non-hydrogen) atoms. The number of fused-ring (bicyclic) bond motifs is 1. The summed E-state index contributed by atoms with van der Waals surface area (Å²) in [5.74, 6) is -0.115. The Balaban J connectivity index is 1.70. The lowest BCUT2D eigenvalue weighted by molar-refractivity contribution is -0.120. The third kappa shape index (κ3) is 3.35. The average Bonchev–Trinajstić information content (AvgIpc) is 3.25. The van der Waals surface area contributed by atoms with E-state index in [1.807, 2.05) is 45.0 Å². The number of carbonyl (C=O) groups excluding carboxylic acids is 1. The molecule has 1 aromatic carbocycles. The zero-order valence-electron chi connectivity index (χ0n) is 18.7. The van der Waals surface area contributed by atoms with Gasteiger partial charge in [0.2, 0.25) is 0 Å². The van der Waals surface area contributed by atoms with Crippen LogP contribution in [0.25, 0.3) is 11.1 Å². The van der Waals surface area contributed by atoms with Gasteiger partial charge >= 0.3 is 0 Å². The molecule has 3 aliphatic heterocycles. The molecule has 6 nitrogen and oxygen atoms in total. The molecule has 0 fully saturated rings. The summed E-state index contributed by atoms with van der Waals surface area (Å²) in [4.78, 5) is 17.2. The zero-order valence-corrected chi connectivity index (χ0v) is 18.7. The van der Waals surface area contributed by atoms with Gasteiger partial charge in [-0.25, -0.2) is 8.78 Å². The number of alkyl halides is 2. The highest BCUT2D eigenvalue weighted by atomic mass is 19.3. The molecule has 170 valence electrons. The van der Waals surface area contributed by atoms with Gasteiger partial charge in [-0.1, -0.05) is 25.1 Å². The van der Waals surface area contributed by atoms with Crippen molar-refractivity contribution in [2.75, 3.05) is 0 Å². The lowest BCUT2D eigenvalue weighted by atomic mass is 9.62. The van der Waals surface area contributed by atoms with Gasteiger partial charge in [0.25, 0.3) is 12.3 Å². The lowest BCUT2D eigenvalue weighted by Gasteiger charge is -2.48. The minimum Gasteiger partial charge on any atom is -0.362 e. The van der Waals surface area contributed by atoms with Gasteiger partial charge in [0, 0.05) is 29.4 Å². The van der Waals surface area contributed by atoms with Crippen LogP contribution >= 0.6 is 0 Å². The van der Waals surface area contributed by atoms with Gasteiger partial charge in [-0.3, -0.25) is 9.78 Å². The van der Waals surface area contributed by atoms with E-state index in [1.165, 1.54) is 12.3 Å². The first-order chi connectivity index (χ1) is 15.7. The van der Waals surface area contributed by atoms with Crippen molar-refractivity contribution in [2.24, 2.45) is 10.2 Å². The van der Waals surface area contributed by atoms with Crippen molar-refractivity contribution < 1.29 is 13.6 Å². The van der Waals surface area contributed by atoms with Crippen molar-refractivity contribution in [3.63, 3.8) is 0 Å². The molecule has 4 heterocycles. The van der Waals surface area contributed by atoms with E-state index in [4.69, 9.17) is 0 Å². The fraction of sp³-hybridized carbons (Fsp3) is 0.360. The SMILES string of the molecule is CC[C@]1(c2cccc(-c3ccnc(C(F)F)c3)c2)C2=CN=NC2NC2=C1C(=O)NC(C)(C)C2. The van der Waals surface area contributed by atoms with Crippen LogP contribution in [-0.2, 0) is 10.2 Å². The minimum absolute atomic E-state index is 0.115. The van der Waals surface area contributed by atoms with Gasteiger partial charge in [0.15, 0.2) is 6.17 Å². The van der Waals surface area contributed by atoms with Crippen molar-refractivity contribution in [3.8, 4) is 11.1 Å². The van der Waals surface area contributed by atoms with Gasteiger partial charge in [-0.2, -0.15) is 10.2 Å². The molecule has 0 bridgehead atoms. The summed E-state index contributed by atoms with van der Waals surface area (Å²) in [7, 11) is 0. The van der Waals surface area contributed by atoms with Crippen LogP contribution in [0.4, 0.5) is 8.78 Å². The molecule has 5 rings (SSSR count). The molecule has 0 saturated carbocycles. The molecular weight excluding hydrogens is 424 g/mol. The molecule has 1 unspecified atom stereocenters. The number of halogens is 2. The maximum atomic E-state index is 13.5. The highest BCUT2D eigenvalue weighted by Gasteiger charge is 2.53. The summed E-state index contributed by atoms with van der Waals surface area (Å²) >= 11 is 0. The van der Waals surface area contributed by atoms with E-state index in [1.54, 1.807) is 12.3 Å². The van der Waals surface area contributed by atoms with E-state index in [0.717, 1.165) is 22.4 Å². The molecular formula is C25H25F2N5O. The zero-order chi connectivity index (χ0) is 23.4. The summed E-state index contributed by atoms with van der Waals surface area (Å²) < 4.78 is 26.5. The average molecular weight is 450 g/mol. The van der Waals surface area contributed by atoms with Crippen molar-refractivity contribution in [3.05, 3.63) is 76.9 Å². The van der Waals surface area contributed by atoms with E-state index >= 15 is 0 Å². The monoisotopic (exact) mass is 449 g/mol. The normalized spacial score (nSPS) is 25.3. The Hall–Kier alpha value is -3.42. The molecule has 2 aromatic rings. The van der Waals surface area contributed by atoms with Crippen molar-refractivity contribution >= 4 is 5.91 Å². The second kappa shape index (κ2) is 7.57. The van der Waals surface area contributed by atoms with Crippen LogP contribution in [0.2, 0.25) is 0 Å². The largest absolute Gasteiger partial charge is 0.362 e. The van der Waals surface area contributed by atoms with Gasteiger partial charge in [-0.05, 0) is 55.2 Å². The molecule has 3 aliphatic rings. The number of rotatable bonds is 4. The van der Waals surface area contributed by atoms with E-state index in [2.05, 4.69) is 25.8 Å². The Bertz CT molecular complexity index is 1230. The van der Waals surface area contributed by atoms with Crippen LogP contribution in [0, 0.1) is 0 Å². The standard InChI is InChI=1S/C25H25F2N5O/c1-4-25(16-7-5-6-14(10-16)15-8-9-28-18(11-15)21(26)27)17-13-29-32-22(17)30-19-12-24(2,3)31-23(33)20(19)25/h5-11,13,21-22,30H,4,12H2,1-3H3,(H,31,33)/t22?,25-/m0/s1. The summed E-state index contributed by atoms with van der Waals surface area (Å²) in [6.07, 6.45) is 1.43. The third-order valence-electron chi connectivity index (χ3n) is 6.73. The van der Waals surface area contributed by atoms with Crippen LogP contribution in [0.15, 0.2) is 75.9 Å². The van der Waals surface area contributed by atoms with Gasteiger partial charge in [0.1, 0.15) is 5.69 Å². The van der Waals surface area contributed by atoms with E-state index < -0.39 is 11.8 Å².